The quantitative estimate of drug-likeness (QED) is 0.897. The highest BCUT2D eigenvalue weighted by atomic mass is 16.5. The third-order valence-electron chi connectivity index (χ3n) is 4.39. The lowest BCUT2D eigenvalue weighted by Crippen LogP contribution is -2.45. The molecule has 3 rings (SSSR count). The van der Waals surface area contributed by atoms with Crippen molar-refractivity contribution in [3.63, 3.8) is 0 Å². The highest BCUT2D eigenvalue weighted by Crippen LogP contribution is 2.27. The van der Waals surface area contributed by atoms with Gasteiger partial charge in [0, 0.05) is 25.7 Å². The van der Waals surface area contributed by atoms with Crippen LogP contribution in [0.25, 0.3) is 0 Å². The predicted molar refractivity (Wildman–Crippen MR) is 77.3 cm³/mol. The summed E-state index contributed by atoms with van der Waals surface area (Å²) >= 11 is 0. The standard InChI is InChI=1S/C16H24N2O/c1-12-3-5-13(6-4-12)16(17-2)11-18-9-14-7-8-15(10-18)19-14/h3-6,14-17H,7-11H2,1-2H3. The van der Waals surface area contributed by atoms with E-state index in [4.69, 9.17) is 4.74 Å². The van der Waals surface area contributed by atoms with E-state index >= 15 is 0 Å². The molecular formula is C16H24N2O. The molecule has 3 nitrogen and oxygen atoms in total. The Balaban J connectivity index is 1.65. The van der Waals surface area contributed by atoms with Gasteiger partial charge in [-0.25, -0.2) is 0 Å². The number of likely N-dealkylation sites (tertiary alicyclic amines) is 1. The van der Waals surface area contributed by atoms with Gasteiger partial charge in [0.1, 0.15) is 0 Å². The zero-order chi connectivity index (χ0) is 13.2. The first-order valence-electron chi connectivity index (χ1n) is 7.36. The van der Waals surface area contributed by atoms with E-state index in [2.05, 4.69) is 48.5 Å². The smallest absolute Gasteiger partial charge is 0.0707 e. The van der Waals surface area contributed by atoms with Crippen LogP contribution in [0.1, 0.15) is 30.0 Å². The van der Waals surface area contributed by atoms with E-state index in [-0.39, 0.29) is 0 Å². The predicted octanol–water partition coefficient (Wildman–Crippen LogP) is 2.12. The molecule has 1 aromatic carbocycles. The maximum absolute atomic E-state index is 5.90. The van der Waals surface area contributed by atoms with Crippen molar-refractivity contribution in [2.75, 3.05) is 26.7 Å². The fraction of sp³-hybridized carbons (Fsp3) is 0.625. The summed E-state index contributed by atoms with van der Waals surface area (Å²) in [7, 11) is 2.06. The monoisotopic (exact) mass is 260 g/mol. The summed E-state index contributed by atoms with van der Waals surface area (Å²) in [5, 5.41) is 3.45. The molecule has 2 aliphatic rings. The van der Waals surface area contributed by atoms with Gasteiger partial charge in [-0.2, -0.15) is 0 Å². The van der Waals surface area contributed by atoms with Crippen LogP contribution in [0.3, 0.4) is 0 Å². The molecule has 104 valence electrons. The number of hydrogen-bond donors (Lipinski definition) is 1. The van der Waals surface area contributed by atoms with Gasteiger partial charge in [-0.05, 0) is 32.4 Å². The van der Waals surface area contributed by atoms with Gasteiger partial charge in [-0.3, -0.25) is 4.90 Å². The van der Waals surface area contributed by atoms with E-state index in [9.17, 15) is 0 Å². The van der Waals surface area contributed by atoms with Crippen LogP contribution in [0.15, 0.2) is 24.3 Å². The van der Waals surface area contributed by atoms with Crippen molar-refractivity contribution in [2.24, 2.45) is 0 Å². The topological polar surface area (TPSA) is 24.5 Å². The first-order valence-corrected chi connectivity index (χ1v) is 7.36. The zero-order valence-corrected chi connectivity index (χ0v) is 11.9. The van der Waals surface area contributed by atoms with Gasteiger partial charge in [0.25, 0.3) is 0 Å². The Morgan fingerprint density at radius 1 is 1.21 bits per heavy atom. The molecule has 3 unspecified atom stereocenters. The second kappa shape index (κ2) is 5.61. The van der Waals surface area contributed by atoms with Crippen LogP contribution in [-0.4, -0.2) is 43.8 Å². The number of hydrogen-bond acceptors (Lipinski definition) is 3. The van der Waals surface area contributed by atoms with E-state index in [1.807, 2.05) is 0 Å². The molecule has 1 N–H and O–H groups in total. The van der Waals surface area contributed by atoms with Crippen LogP contribution in [0.2, 0.25) is 0 Å². The molecule has 2 aliphatic heterocycles. The molecule has 2 saturated heterocycles. The van der Waals surface area contributed by atoms with Gasteiger partial charge in [0.2, 0.25) is 0 Å². The number of nitrogens with one attached hydrogen (secondary N) is 1. The van der Waals surface area contributed by atoms with Gasteiger partial charge in [-0.1, -0.05) is 29.8 Å². The average Bonchev–Trinajstić information content (AvgIpc) is 2.76. The van der Waals surface area contributed by atoms with Gasteiger partial charge in [0.05, 0.1) is 12.2 Å². The minimum Gasteiger partial charge on any atom is -0.372 e. The number of fused-ring (bicyclic) bond motifs is 2. The number of morpholine rings is 1. The van der Waals surface area contributed by atoms with Crippen LogP contribution in [-0.2, 0) is 4.74 Å². The zero-order valence-electron chi connectivity index (χ0n) is 11.9. The first-order chi connectivity index (χ1) is 9.24. The van der Waals surface area contributed by atoms with E-state index < -0.39 is 0 Å². The molecule has 0 amide bonds. The number of rotatable bonds is 4. The summed E-state index contributed by atoms with van der Waals surface area (Å²) < 4.78 is 5.90. The molecule has 19 heavy (non-hydrogen) atoms. The molecule has 0 aromatic heterocycles. The van der Waals surface area contributed by atoms with Crippen molar-refractivity contribution in [2.45, 2.75) is 38.0 Å². The summed E-state index contributed by atoms with van der Waals surface area (Å²) in [5.74, 6) is 0. The fourth-order valence-electron chi connectivity index (χ4n) is 3.27. The van der Waals surface area contributed by atoms with E-state index in [1.165, 1.54) is 24.0 Å². The van der Waals surface area contributed by atoms with Crippen molar-refractivity contribution < 1.29 is 4.74 Å². The van der Waals surface area contributed by atoms with Crippen LogP contribution in [0.4, 0.5) is 0 Å². The van der Waals surface area contributed by atoms with Crippen LogP contribution < -0.4 is 5.32 Å². The summed E-state index contributed by atoms with van der Waals surface area (Å²) in [5.41, 5.74) is 2.70. The Hall–Kier alpha value is -0.900. The van der Waals surface area contributed by atoms with E-state index in [0.29, 0.717) is 18.2 Å². The second-order valence-electron chi connectivity index (χ2n) is 5.93. The number of ether oxygens (including phenoxy) is 1. The molecule has 2 heterocycles. The minimum atomic E-state index is 0.415. The van der Waals surface area contributed by atoms with Crippen LogP contribution in [0.5, 0.6) is 0 Å². The number of nitrogens with zero attached hydrogens (tertiary/aromatic N) is 1. The molecule has 0 saturated carbocycles. The van der Waals surface area contributed by atoms with E-state index in [0.717, 1.165) is 19.6 Å². The van der Waals surface area contributed by atoms with Crippen molar-refractivity contribution in [1.82, 2.24) is 10.2 Å². The molecule has 0 radical (unpaired) electrons. The third kappa shape index (κ3) is 2.99. The summed E-state index contributed by atoms with van der Waals surface area (Å²) in [6.07, 6.45) is 3.45. The minimum absolute atomic E-state index is 0.415. The van der Waals surface area contributed by atoms with Gasteiger partial charge >= 0.3 is 0 Å². The molecule has 3 heteroatoms. The van der Waals surface area contributed by atoms with Crippen LogP contribution >= 0.6 is 0 Å². The van der Waals surface area contributed by atoms with Crippen molar-refractivity contribution in [1.29, 1.82) is 0 Å². The summed E-state index contributed by atoms with van der Waals surface area (Å²) in [6, 6.07) is 9.29. The fourth-order valence-corrected chi connectivity index (χ4v) is 3.27. The highest BCUT2D eigenvalue weighted by Gasteiger charge is 2.34. The van der Waals surface area contributed by atoms with Gasteiger partial charge < -0.3 is 10.1 Å². The summed E-state index contributed by atoms with van der Waals surface area (Å²) in [6.45, 7) is 5.41. The Labute approximate surface area is 115 Å². The van der Waals surface area contributed by atoms with Crippen molar-refractivity contribution >= 4 is 0 Å². The van der Waals surface area contributed by atoms with Gasteiger partial charge in [0.15, 0.2) is 0 Å². The lowest BCUT2D eigenvalue weighted by Gasteiger charge is -2.34. The number of benzene rings is 1. The molecule has 1 aromatic rings. The highest BCUT2D eigenvalue weighted by molar-refractivity contribution is 5.24. The lowest BCUT2D eigenvalue weighted by molar-refractivity contribution is -0.0405. The largest absolute Gasteiger partial charge is 0.372 e. The van der Waals surface area contributed by atoms with E-state index in [1.54, 1.807) is 0 Å². The molecule has 0 spiro atoms. The Kier molecular flexibility index (Phi) is 3.87. The third-order valence-corrected chi connectivity index (χ3v) is 4.39. The maximum atomic E-state index is 5.90. The lowest BCUT2D eigenvalue weighted by atomic mass is 10.0. The Bertz CT molecular complexity index is 405. The Morgan fingerprint density at radius 2 is 1.84 bits per heavy atom. The molecule has 0 aliphatic carbocycles. The molecule has 2 bridgehead atoms. The normalized spacial score (nSPS) is 28.5. The van der Waals surface area contributed by atoms with Gasteiger partial charge in [-0.15, -0.1) is 0 Å². The molecule has 2 fully saturated rings. The number of aryl methyl sites for hydroxylation is 1. The molecular weight excluding hydrogens is 236 g/mol. The number of likely N-dealkylation sites (N-methyl/N-ethyl adjacent to an activating group) is 1. The summed E-state index contributed by atoms with van der Waals surface area (Å²) in [4.78, 5) is 2.56. The first kappa shape index (κ1) is 13.1. The Morgan fingerprint density at radius 3 is 2.42 bits per heavy atom. The molecule has 3 atom stereocenters. The van der Waals surface area contributed by atoms with Crippen molar-refractivity contribution in [3.05, 3.63) is 35.4 Å². The average molecular weight is 260 g/mol. The second-order valence-corrected chi connectivity index (χ2v) is 5.93. The SMILES string of the molecule is CNC(CN1CC2CCC(C1)O2)c1ccc(C)cc1. The van der Waals surface area contributed by atoms with Crippen molar-refractivity contribution in [3.8, 4) is 0 Å². The van der Waals surface area contributed by atoms with Crippen LogP contribution in [0, 0.1) is 6.92 Å². The maximum Gasteiger partial charge on any atom is 0.0707 e.